The molecule has 3 aromatic rings. The normalized spacial score (nSPS) is 17.0. The molecular formula is C25H24O5. The highest BCUT2D eigenvalue weighted by Gasteiger charge is 2.35. The molecule has 5 heteroatoms. The lowest BCUT2D eigenvalue weighted by molar-refractivity contribution is 0.112. The smallest absolute Gasteiger partial charge is 0.165 e. The number of benzene rings is 3. The molecule has 3 aromatic carbocycles. The second-order valence-electron chi connectivity index (χ2n) is 7.27. The highest BCUT2D eigenvalue weighted by atomic mass is 16.5. The van der Waals surface area contributed by atoms with E-state index in [0.29, 0.717) is 35.2 Å². The maximum Gasteiger partial charge on any atom is 0.165 e. The molecule has 0 N–H and O–H groups in total. The van der Waals surface area contributed by atoms with Crippen molar-refractivity contribution >= 4 is 6.29 Å². The van der Waals surface area contributed by atoms with Gasteiger partial charge in [0.2, 0.25) is 0 Å². The summed E-state index contributed by atoms with van der Waals surface area (Å²) < 4.78 is 23.2. The van der Waals surface area contributed by atoms with Gasteiger partial charge >= 0.3 is 0 Å². The van der Waals surface area contributed by atoms with Gasteiger partial charge in [-0.05, 0) is 35.4 Å². The molecular weight excluding hydrogens is 380 g/mol. The van der Waals surface area contributed by atoms with Crippen LogP contribution in [-0.2, 0) is 6.61 Å². The monoisotopic (exact) mass is 404 g/mol. The maximum absolute atomic E-state index is 11.3. The molecule has 5 nitrogen and oxygen atoms in total. The van der Waals surface area contributed by atoms with E-state index in [1.165, 1.54) is 0 Å². The predicted molar refractivity (Wildman–Crippen MR) is 114 cm³/mol. The van der Waals surface area contributed by atoms with Crippen LogP contribution in [0.15, 0.2) is 60.7 Å². The fourth-order valence-electron chi connectivity index (χ4n) is 3.79. The molecule has 1 heterocycles. The summed E-state index contributed by atoms with van der Waals surface area (Å²) in [7, 11) is 3.20. The van der Waals surface area contributed by atoms with Crippen LogP contribution < -0.4 is 18.9 Å². The topological polar surface area (TPSA) is 54.0 Å². The zero-order valence-electron chi connectivity index (χ0n) is 17.3. The number of fused-ring (bicyclic) bond motifs is 1. The minimum atomic E-state index is -0.215. The molecule has 154 valence electrons. The van der Waals surface area contributed by atoms with Crippen molar-refractivity contribution in [3.8, 4) is 23.0 Å². The van der Waals surface area contributed by atoms with Crippen LogP contribution >= 0.6 is 0 Å². The van der Waals surface area contributed by atoms with Crippen LogP contribution in [0.2, 0.25) is 0 Å². The summed E-state index contributed by atoms with van der Waals surface area (Å²) in [6, 6.07) is 19.4. The number of hydrogen-bond donors (Lipinski definition) is 0. The summed E-state index contributed by atoms with van der Waals surface area (Å²) in [6.07, 6.45) is 0.609. The fraction of sp³-hybridized carbons (Fsp3) is 0.240. The van der Waals surface area contributed by atoms with Crippen molar-refractivity contribution < 1.29 is 23.7 Å². The van der Waals surface area contributed by atoms with Gasteiger partial charge in [0.05, 0.1) is 14.2 Å². The van der Waals surface area contributed by atoms with Gasteiger partial charge in [-0.3, -0.25) is 4.79 Å². The Bertz CT molecular complexity index is 1040. The van der Waals surface area contributed by atoms with E-state index in [1.54, 1.807) is 20.3 Å². The van der Waals surface area contributed by atoms with Crippen LogP contribution in [0, 0.1) is 0 Å². The summed E-state index contributed by atoms with van der Waals surface area (Å²) in [5, 5.41) is 0. The van der Waals surface area contributed by atoms with Gasteiger partial charge in [0.25, 0.3) is 0 Å². The van der Waals surface area contributed by atoms with Crippen molar-refractivity contribution in [3.63, 3.8) is 0 Å². The average molecular weight is 404 g/mol. The predicted octanol–water partition coefficient (Wildman–Crippen LogP) is 5.33. The van der Waals surface area contributed by atoms with Crippen molar-refractivity contribution in [1.29, 1.82) is 0 Å². The van der Waals surface area contributed by atoms with Gasteiger partial charge in [0.15, 0.2) is 23.0 Å². The molecule has 0 amide bonds. The molecule has 0 bridgehead atoms. The van der Waals surface area contributed by atoms with E-state index < -0.39 is 0 Å². The first-order valence-electron chi connectivity index (χ1n) is 9.83. The molecule has 0 unspecified atom stereocenters. The maximum atomic E-state index is 11.3. The number of carbonyl (C=O) groups is 1. The summed E-state index contributed by atoms with van der Waals surface area (Å²) in [5.74, 6) is 2.63. The zero-order valence-corrected chi connectivity index (χ0v) is 17.3. The van der Waals surface area contributed by atoms with E-state index in [-0.39, 0.29) is 12.0 Å². The van der Waals surface area contributed by atoms with Gasteiger partial charge in [-0.1, -0.05) is 43.3 Å². The Morgan fingerprint density at radius 1 is 0.933 bits per heavy atom. The quantitative estimate of drug-likeness (QED) is 0.498. The van der Waals surface area contributed by atoms with Gasteiger partial charge in [-0.25, -0.2) is 0 Å². The third kappa shape index (κ3) is 3.71. The minimum Gasteiger partial charge on any atom is -0.493 e. The Morgan fingerprint density at radius 2 is 1.70 bits per heavy atom. The van der Waals surface area contributed by atoms with E-state index in [2.05, 4.69) is 6.92 Å². The Hall–Kier alpha value is -3.47. The van der Waals surface area contributed by atoms with Gasteiger partial charge in [0.1, 0.15) is 19.0 Å². The van der Waals surface area contributed by atoms with Crippen molar-refractivity contribution in [2.75, 3.05) is 14.2 Å². The second-order valence-corrected chi connectivity index (χ2v) is 7.27. The van der Waals surface area contributed by atoms with E-state index in [0.717, 1.165) is 23.0 Å². The first kappa shape index (κ1) is 19.8. The number of ether oxygens (including phenoxy) is 4. The molecule has 0 aliphatic carbocycles. The molecule has 0 saturated carbocycles. The van der Waals surface area contributed by atoms with E-state index in [4.69, 9.17) is 18.9 Å². The zero-order chi connectivity index (χ0) is 21.1. The Kier molecular flexibility index (Phi) is 5.61. The third-order valence-electron chi connectivity index (χ3n) is 5.40. The Labute approximate surface area is 176 Å². The SMILES string of the molecule is COc1cc([C@@H]2Oc3c(OC)cc(C=O)cc3[C@H]2C)ccc1OCc1ccccc1. The molecule has 0 aromatic heterocycles. The number of aldehydes is 1. The lowest BCUT2D eigenvalue weighted by Crippen LogP contribution is -2.08. The molecule has 1 aliphatic rings. The molecule has 0 radical (unpaired) electrons. The fourth-order valence-corrected chi connectivity index (χ4v) is 3.79. The molecule has 0 fully saturated rings. The Balaban J connectivity index is 1.59. The van der Waals surface area contributed by atoms with Crippen LogP contribution in [0.3, 0.4) is 0 Å². The molecule has 1 aliphatic heterocycles. The van der Waals surface area contributed by atoms with Crippen molar-refractivity contribution in [1.82, 2.24) is 0 Å². The van der Waals surface area contributed by atoms with Crippen molar-refractivity contribution in [2.45, 2.75) is 25.6 Å². The first-order chi connectivity index (χ1) is 14.6. The van der Waals surface area contributed by atoms with Crippen LogP contribution in [-0.4, -0.2) is 20.5 Å². The summed E-state index contributed by atoms with van der Waals surface area (Å²) in [6.45, 7) is 2.54. The lowest BCUT2D eigenvalue weighted by atomic mass is 9.91. The summed E-state index contributed by atoms with van der Waals surface area (Å²) in [4.78, 5) is 11.3. The molecule has 4 rings (SSSR count). The lowest BCUT2D eigenvalue weighted by Gasteiger charge is -2.18. The second kappa shape index (κ2) is 8.49. The first-order valence-corrected chi connectivity index (χ1v) is 9.83. The third-order valence-corrected chi connectivity index (χ3v) is 5.40. The molecule has 2 atom stereocenters. The highest BCUT2D eigenvalue weighted by molar-refractivity contribution is 5.78. The van der Waals surface area contributed by atoms with Crippen LogP contribution in [0.4, 0.5) is 0 Å². The van der Waals surface area contributed by atoms with Gasteiger partial charge in [0, 0.05) is 17.0 Å². The molecule has 30 heavy (non-hydrogen) atoms. The van der Waals surface area contributed by atoms with Gasteiger partial charge in [-0.15, -0.1) is 0 Å². The van der Waals surface area contributed by atoms with Gasteiger partial charge in [-0.2, -0.15) is 0 Å². The number of hydrogen-bond acceptors (Lipinski definition) is 5. The minimum absolute atomic E-state index is 0.0505. The molecule has 0 saturated heterocycles. The van der Waals surface area contributed by atoms with E-state index >= 15 is 0 Å². The molecule has 0 spiro atoms. The van der Waals surface area contributed by atoms with E-state index in [1.807, 2.05) is 54.6 Å². The highest BCUT2D eigenvalue weighted by Crippen LogP contribution is 2.51. The standard InChI is InChI=1S/C25H24O5/c1-16-20-11-18(14-26)12-23(28-3)25(20)30-24(16)19-9-10-21(22(13-19)27-2)29-15-17-7-5-4-6-8-17/h4-14,16,24H,15H2,1-3H3/t16-,24-/m1/s1. The number of carbonyl (C=O) groups excluding carboxylic acids is 1. The largest absolute Gasteiger partial charge is 0.493 e. The van der Waals surface area contributed by atoms with Gasteiger partial charge < -0.3 is 18.9 Å². The van der Waals surface area contributed by atoms with Crippen molar-refractivity contribution in [2.24, 2.45) is 0 Å². The van der Waals surface area contributed by atoms with E-state index in [9.17, 15) is 4.79 Å². The van der Waals surface area contributed by atoms with Crippen molar-refractivity contribution in [3.05, 3.63) is 82.9 Å². The number of rotatable bonds is 7. The average Bonchev–Trinajstić information content (AvgIpc) is 3.14. The number of methoxy groups -OCH3 is 2. The van der Waals surface area contributed by atoms with Crippen LogP contribution in [0.5, 0.6) is 23.0 Å². The summed E-state index contributed by atoms with van der Waals surface area (Å²) in [5.41, 5.74) is 3.59. The van der Waals surface area contributed by atoms with Crippen LogP contribution in [0.25, 0.3) is 0 Å². The Morgan fingerprint density at radius 3 is 2.40 bits per heavy atom. The summed E-state index contributed by atoms with van der Waals surface area (Å²) >= 11 is 0. The van der Waals surface area contributed by atoms with Crippen LogP contribution in [0.1, 0.15) is 46.0 Å².